The van der Waals surface area contributed by atoms with Crippen LogP contribution in [-0.2, 0) is 39.6 Å². The second-order valence-electron chi connectivity index (χ2n) is 5.57. The number of hydrogen-bond donors (Lipinski definition) is 1. The van der Waals surface area contributed by atoms with Crippen LogP contribution in [0.3, 0.4) is 0 Å². The molecule has 1 aromatic heterocycles. The van der Waals surface area contributed by atoms with E-state index in [2.05, 4.69) is 10.2 Å². The number of rotatable bonds is 5. The van der Waals surface area contributed by atoms with Gasteiger partial charge in [0.15, 0.2) is 0 Å². The molecule has 11 heteroatoms. The molecule has 1 aliphatic heterocycles. The average molecular weight is 371 g/mol. The number of fused-ring (bicyclic) bond motifs is 1. The van der Waals surface area contributed by atoms with Crippen LogP contribution in [0, 0.1) is 0 Å². The van der Waals surface area contributed by atoms with Crippen LogP contribution in [0.25, 0.3) is 0 Å². The van der Waals surface area contributed by atoms with Gasteiger partial charge in [-0.15, -0.1) is 10.2 Å². The maximum atomic E-state index is 12.6. The largest absolute Gasteiger partial charge is 0.314 e. The lowest BCUT2D eigenvalue weighted by atomic mass is 10.4. The van der Waals surface area contributed by atoms with Crippen molar-refractivity contribution < 1.29 is 16.8 Å². The molecule has 3 rings (SSSR count). The Morgan fingerprint density at radius 3 is 2.38 bits per heavy atom. The van der Waals surface area contributed by atoms with Gasteiger partial charge in [0.1, 0.15) is 11.6 Å². The SMILES string of the molecule is CN(Cc1nnc2n1CCC2)S(=O)(=O)c1ccc(S(N)(=O)=O)cc1. The zero-order valence-corrected chi connectivity index (χ0v) is 14.6. The van der Waals surface area contributed by atoms with E-state index >= 15 is 0 Å². The summed E-state index contributed by atoms with van der Waals surface area (Å²) in [6.45, 7) is 0.876. The number of hydrogen-bond acceptors (Lipinski definition) is 6. The van der Waals surface area contributed by atoms with Crippen molar-refractivity contribution >= 4 is 20.0 Å². The van der Waals surface area contributed by atoms with Gasteiger partial charge in [-0.3, -0.25) is 0 Å². The van der Waals surface area contributed by atoms with Crippen molar-refractivity contribution in [1.82, 2.24) is 19.1 Å². The Labute approximate surface area is 140 Å². The Morgan fingerprint density at radius 1 is 1.12 bits per heavy atom. The quantitative estimate of drug-likeness (QED) is 0.768. The van der Waals surface area contributed by atoms with Gasteiger partial charge in [-0.05, 0) is 30.7 Å². The molecular formula is C13H17N5O4S2. The van der Waals surface area contributed by atoms with Gasteiger partial charge in [-0.2, -0.15) is 4.31 Å². The molecule has 24 heavy (non-hydrogen) atoms. The lowest BCUT2D eigenvalue weighted by Crippen LogP contribution is -2.28. The topological polar surface area (TPSA) is 128 Å². The number of aromatic nitrogens is 3. The normalized spacial score (nSPS) is 15.0. The zero-order chi connectivity index (χ0) is 17.5. The molecule has 0 saturated heterocycles. The van der Waals surface area contributed by atoms with Crippen LogP contribution < -0.4 is 5.14 Å². The molecule has 1 aromatic carbocycles. The van der Waals surface area contributed by atoms with Crippen LogP contribution in [0.5, 0.6) is 0 Å². The smallest absolute Gasteiger partial charge is 0.243 e. The highest BCUT2D eigenvalue weighted by atomic mass is 32.2. The first-order chi connectivity index (χ1) is 11.2. The number of benzene rings is 1. The predicted octanol–water partition coefficient (Wildman–Crippen LogP) is -0.308. The third-order valence-electron chi connectivity index (χ3n) is 3.91. The number of nitrogens with two attached hydrogens (primary N) is 1. The fourth-order valence-corrected chi connectivity index (χ4v) is 4.23. The Bertz CT molecular complexity index is 964. The molecular weight excluding hydrogens is 354 g/mol. The summed E-state index contributed by atoms with van der Waals surface area (Å²) < 4.78 is 50.8. The van der Waals surface area contributed by atoms with Crippen molar-refractivity contribution in [2.75, 3.05) is 7.05 Å². The molecule has 0 unspecified atom stereocenters. The molecule has 0 atom stereocenters. The van der Waals surface area contributed by atoms with Gasteiger partial charge in [0.25, 0.3) is 0 Å². The average Bonchev–Trinajstić information content (AvgIpc) is 3.11. The van der Waals surface area contributed by atoms with Gasteiger partial charge in [0, 0.05) is 20.0 Å². The molecule has 2 aromatic rings. The summed E-state index contributed by atoms with van der Waals surface area (Å²) in [6, 6.07) is 4.79. The minimum atomic E-state index is -3.86. The van der Waals surface area contributed by atoms with Gasteiger partial charge in [0.05, 0.1) is 16.3 Å². The Morgan fingerprint density at radius 2 is 1.75 bits per heavy atom. The molecule has 2 heterocycles. The van der Waals surface area contributed by atoms with Crippen LogP contribution >= 0.6 is 0 Å². The Balaban J connectivity index is 1.84. The Hall–Kier alpha value is -1.82. The second kappa shape index (κ2) is 5.92. The first-order valence-electron chi connectivity index (χ1n) is 7.20. The summed E-state index contributed by atoms with van der Waals surface area (Å²) >= 11 is 0. The van der Waals surface area contributed by atoms with Crippen molar-refractivity contribution in [3.63, 3.8) is 0 Å². The highest BCUT2D eigenvalue weighted by Gasteiger charge is 2.25. The molecule has 2 N–H and O–H groups in total. The fourth-order valence-electron chi connectivity index (χ4n) is 2.59. The molecule has 0 aliphatic carbocycles. The zero-order valence-electron chi connectivity index (χ0n) is 13.0. The molecule has 0 saturated carbocycles. The number of nitrogens with zero attached hydrogens (tertiary/aromatic N) is 4. The third-order valence-corrected chi connectivity index (χ3v) is 6.66. The first-order valence-corrected chi connectivity index (χ1v) is 10.2. The van der Waals surface area contributed by atoms with E-state index < -0.39 is 20.0 Å². The van der Waals surface area contributed by atoms with E-state index in [1.54, 1.807) is 0 Å². The molecule has 1 aliphatic rings. The van der Waals surface area contributed by atoms with Crippen LogP contribution in [-0.4, -0.2) is 43.0 Å². The summed E-state index contributed by atoms with van der Waals surface area (Å²) in [5, 5.41) is 13.1. The van der Waals surface area contributed by atoms with E-state index in [0.717, 1.165) is 29.5 Å². The van der Waals surface area contributed by atoms with E-state index in [-0.39, 0.29) is 16.3 Å². The lowest BCUT2D eigenvalue weighted by Gasteiger charge is -2.17. The molecule has 9 nitrogen and oxygen atoms in total. The highest BCUT2D eigenvalue weighted by Crippen LogP contribution is 2.20. The lowest BCUT2D eigenvalue weighted by molar-refractivity contribution is 0.447. The van der Waals surface area contributed by atoms with Crippen molar-refractivity contribution in [2.24, 2.45) is 5.14 Å². The fraction of sp³-hybridized carbons (Fsp3) is 0.385. The monoisotopic (exact) mass is 371 g/mol. The second-order valence-corrected chi connectivity index (χ2v) is 9.17. The van der Waals surface area contributed by atoms with E-state index in [9.17, 15) is 16.8 Å². The summed E-state index contributed by atoms with van der Waals surface area (Å²) in [5.41, 5.74) is 0. The van der Waals surface area contributed by atoms with Crippen molar-refractivity contribution in [2.45, 2.75) is 35.7 Å². The van der Waals surface area contributed by atoms with Gasteiger partial charge >= 0.3 is 0 Å². The van der Waals surface area contributed by atoms with Crippen molar-refractivity contribution in [1.29, 1.82) is 0 Å². The number of primary sulfonamides is 1. The van der Waals surface area contributed by atoms with E-state index in [0.29, 0.717) is 5.82 Å². The minimum Gasteiger partial charge on any atom is -0.314 e. The van der Waals surface area contributed by atoms with Crippen molar-refractivity contribution in [3.8, 4) is 0 Å². The van der Waals surface area contributed by atoms with Crippen LogP contribution in [0.4, 0.5) is 0 Å². The van der Waals surface area contributed by atoms with E-state index in [4.69, 9.17) is 5.14 Å². The summed E-state index contributed by atoms with van der Waals surface area (Å²) in [4.78, 5) is -0.155. The highest BCUT2D eigenvalue weighted by molar-refractivity contribution is 7.89. The van der Waals surface area contributed by atoms with Gasteiger partial charge in [-0.1, -0.05) is 0 Å². The predicted molar refractivity (Wildman–Crippen MR) is 84.8 cm³/mol. The summed E-state index contributed by atoms with van der Waals surface area (Å²) in [6.07, 6.45) is 1.82. The van der Waals surface area contributed by atoms with Gasteiger partial charge in [-0.25, -0.2) is 22.0 Å². The van der Waals surface area contributed by atoms with E-state index in [1.165, 1.54) is 31.3 Å². The third kappa shape index (κ3) is 3.07. The molecule has 0 spiro atoms. The summed E-state index contributed by atoms with van der Waals surface area (Å²) in [7, 11) is -6.20. The summed E-state index contributed by atoms with van der Waals surface area (Å²) in [5.74, 6) is 1.46. The molecule has 0 radical (unpaired) electrons. The van der Waals surface area contributed by atoms with Gasteiger partial charge < -0.3 is 4.57 Å². The van der Waals surface area contributed by atoms with Crippen LogP contribution in [0.15, 0.2) is 34.1 Å². The Kier molecular flexibility index (Phi) is 4.20. The molecule has 0 bridgehead atoms. The number of aryl methyl sites for hydroxylation is 1. The first kappa shape index (κ1) is 17.0. The van der Waals surface area contributed by atoms with Crippen LogP contribution in [0.2, 0.25) is 0 Å². The molecule has 0 fully saturated rings. The molecule has 0 amide bonds. The van der Waals surface area contributed by atoms with E-state index in [1.807, 2.05) is 4.57 Å². The van der Waals surface area contributed by atoms with Crippen LogP contribution in [0.1, 0.15) is 18.1 Å². The maximum Gasteiger partial charge on any atom is 0.243 e. The van der Waals surface area contributed by atoms with Gasteiger partial charge in [0.2, 0.25) is 20.0 Å². The molecule has 130 valence electrons. The minimum absolute atomic E-state index is 0.0152. The van der Waals surface area contributed by atoms with Crippen molar-refractivity contribution in [3.05, 3.63) is 35.9 Å². The standard InChI is InChI=1S/C13H17N5O4S2/c1-17(9-13-16-15-12-3-2-8-18(12)13)24(21,22)11-6-4-10(5-7-11)23(14,19)20/h4-7H,2-3,8-9H2,1H3,(H2,14,19,20). The number of sulfonamides is 2. The maximum absolute atomic E-state index is 12.6.